The molecule has 4 aliphatic rings. The maximum atomic E-state index is 13.6. The van der Waals surface area contributed by atoms with Crippen LogP contribution in [0, 0.1) is 25.7 Å². The number of nitrogens with zero attached hydrogens (tertiary/aromatic N) is 6. The van der Waals surface area contributed by atoms with Crippen molar-refractivity contribution in [2.75, 3.05) is 19.6 Å². The Morgan fingerprint density at radius 1 is 1.12 bits per heavy atom. The van der Waals surface area contributed by atoms with Gasteiger partial charge in [0.05, 0.1) is 11.7 Å². The van der Waals surface area contributed by atoms with Crippen molar-refractivity contribution < 1.29 is 4.79 Å². The van der Waals surface area contributed by atoms with E-state index in [0.29, 0.717) is 23.7 Å². The van der Waals surface area contributed by atoms with E-state index in [1.165, 1.54) is 48.5 Å². The van der Waals surface area contributed by atoms with Crippen LogP contribution in [0.3, 0.4) is 0 Å². The number of likely N-dealkylation sites (tertiary alicyclic amines) is 1. The van der Waals surface area contributed by atoms with Crippen molar-refractivity contribution in [2.24, 2.45) is 11.8 Å². The van der Waals surface area contributed by atoms with Gasteiger partial charge in [0.2, 0.25) is 5.91 Å². The Balaban J connectivity index is 1.26. The number of hydrogen-bond donors (Lipinski definition) is 0. The zero-order valence-corrected chi connectivity index (χ0v) is 20.2. The molecule has 3 fully saturated rings. The average Bonchev–Trinajstić information content (AvgIpc) is 3.18. The van der Waals surface area contributed by atoms with E-state index >= 15 is 0 Å². The van der Waals surface area contributed by atoms with Crippen LogP contribution in [0.25, 0.3) is 5.82 Å². The van der Waals surface area contributed by atoms with Gasteiger partial charge in [-0.3, -0.25) is 14.5 Å². The largest absolute Gasteiger partial charge is 0.334 e. The van der Waals surface area contributed by atoms with E-state index in [-0.39, 0.29) is 24.1 Å². The van der Waals surface area contributed by atoms with E-state index in [9.17, 15) is 9.59 Å². The van der Waals surface area contributed by atoms with Gasteiger partial charge in [-0.2, -0.15) is 5.10 Å². The highest BCUT2D eigenvalue weighted by atomic mass is 16.2. The van der Waals surface area contributed by atoms with Crippen LogP contribution in [0.1, 0.15) is 49.9 Å². The lowest BCUT2D eigenvalue weighted by atomic mass is 9.68. The molecule has 0 radical (unpaired) electrons. The first-order valence-corrected chi connectivity index (χ1v) is 12.8. The van der Waals surface area contributed by atoms with Crippen LogP contribution < -0.4 is 5.56 Å². The normalized spacial score (nSPS) is 28.8. The van der Waals surface area contributed by atoms with Crippen LogP contribution in [0.5, 0.6) is 0 Å². The van der Waals surface area contributed by atoms with Crippen molar-refractivity contribution in [3.8, 4) is 5.82 Å². The minimum absolute atomic E-state index is 0.00469. The first-order valence-electron chi connectivity index (χ1n) is 12.8. The Kier molecular flexibility index (Phi) is 5.43. The summed E-state index contributed by atoms with van der Waals surface area (Å²) in [6.45, 7) is 6.90. The fraction of sp³-hybridized carbons (Fsp3) is 0.615. The quantitative estimate of drug-likeness (QED) is 0.655. The summed E-state index contributed by atoms with van der Waals surface area (Å²) in [7, 11) is 0. The van der Waals surface area contributed by atoms with Gasteiger partial charge in [0.25, 0.3) is 5.56 Å². The van der Waals surface area contributed by atoms with E-state index in [0.717, 1.165) is 37.3 Å². The molecule has 3 saturated heterocycles. The molecule has 2 unspecified atom stereocenters. The number of amides is 1. The maximum Gasteiger partial charge on any atom is 0.267 e. The monoisotopic (exact) mass is 462 g/mol. The van der Waals surface area contributed by atoms with Crippen LogP contribution in [0.15, 0.2) is 34.6 Å². The molecule has 2 bridgehead atoms. The van der Waals surface area contributed by atoms with Gasteiger partial charge in [0.15, 0.2) is 5.82 Å². The molecule has 0 aromatic carbocycles. The minimum Gasteiger partial charge on any atom is -0.334 e. The standard InChI is InChI=1S/C26H34N6O2/c1-17-12-18(2)32(27-17)23-8-9-24(33)31(28-23)16-25(34)30-11-5-6-19-13-20-14-21(26(19)30)15-29-10-4-3-7-22(20)29/h8-9,12-13,20-22,26H,3-7,10-11,14-16H2,1-2H3/t20?,21?,22-,26-/m1/s1. The summed E-state index contributed by atoms with van der Waals surface area (Å²) < 4.78 is 3.02. The molecule has 6 rings (SSSR count). The van der Waals surface area contributed by atoms with Gasteiger partial charge in [-0.25, -0.2) is 9.36 Å². The van der Waals surface area contributed by atoms with Gasteiger partial charge < -0.3 is 4.90 Å². The van der Waals surface area contributed by atoms with Crippen molar-refractivity contribution in [3.05, 3.63) is 51.6 Å². The first-order chi connectivity index (χ1) is 16.5. The fourth-order valence-electron chi connectivity index (χ4n) is 7.00. The number of carbonyl (C=O) groups is 1. The van der Waals surface area contributed by atoms with E-state index in [2.05, 4.69) is 26.1 Å². The molecule has 0 saturated carbocycles. The second-order valence-corrected chi connectivity index (χ2v) is 10.6. The summed E-state index contributed by atoms with van der Waals surface area (Å²) in [4.78, 5) is 31.0. The molecule has 34 heavy (non-hydrogen) atoms. The van der Waals surface area contributed by atoms with E-state index in [4.69, 9.17) is 0 Å². The number of rotatable bonds is 3. The predicted octanol–water partition coefficient (Wildman–Crippen LogP) is 2.47. The van der Waals surface area contributed by atoms with Gasteiger partial charge in [-0.1, -0.05) is 18.1 Å². The van der Waals surface area contributed by atoms with Crippen molar-refractivity contribution in [3.63, 3.8) is 0 Å². The molecule has 3 aliphatic heterocycles. The van der Waals surface area contributed by atoms with Gasteiger partial charge in [-0.05, 0) is 76.5 Å². The molecule has 2 aromatic rings. The third kappa shape index (κ3) is 3.72. The molecular weight excluding hydrogens is 428 g/mol. The van der Waals surface area contributed by atoms with Gasteiger partial charge in [0, 0.05) is 30.9 Å². The minimum atomic E-state index is -0.260. The Labute approximate surface area is 200 Å². The third-order valence-corrected chi connectivity index (χ3v) is 8.34. The van der Waals surface area contributed by atoms with Crippen molar-refractivity contribution in [1.82, 2.24) is 29.4 Å². The lowest BCUT2D eigenvalue weighted by molar-refractivity contribution is -0.137. The smallest absolute Gasteiger partial charge is 0.267 e. The number of piperidine rings is 3. The van der Waals surface area contributed by atoms with Crippen molar-refractivity contribution >= 4 is 5.91 Å². The predicted molar refractivity (Wildman–Crippen MR) is 129 cm³/mol. The molecule has 5 heterocycles. The van der Waals surface area contributed by atoms with Gasteiger partial charge >= 0.3 is 0 Å². The Morgan fingerprint density at radius 2 is 2.00 bits per heavy atom. The Morgan fingerprint density at radius 3 is 2.82 bits per heavy atom. The molecule has 2 aromatic heterocycles. The van der Waals surface area contributed by atoms with Crippen LogP contribution in [0.2, 0.25) is 0 Å². The Bertz CT molecular complexity index is 1200. The number of aromatic nitrogens is 4. The van der Waals surface area contributed by atoms with E-state index < -0.39 is 0 Å². The van der Waals surface area contributed by atoms with Crippen molar-refractivity contribution in [1.29, 1.82) is 0 Å². The van der Waals surface area contributed by atoms with Crippen LogP contribution in [0.4, 0.5) is 0 Å². The molecule has 180 valence electrons. The van der Waals surface area contributed by atoms with E-state index in [1.54, 1.807) is 10.7 Å². The third-order valence-electron chi connectivity index (χ3n) is 8.34. The molecule has 0 spiro atoms. The molecule has 0 N–H and O–H groups in total. The lowest BCUT2D eigenvalue weighted by Crippen LogP contribution is -2.60. The number of carbonyl (C=O) groups excluding carboxylic acids is 1. The average molecular weight is 463 g/mol. The summed E-state index contributed by atoms with van der Waals surface area (Å²) in [5.74, 6) is 1.69. The number of fused-ring (bicyclic) bond motifs is 6. The maximum absolute atomic E-state index is 13.6. The van der Waals surface area contributed by atoms with Gasteiger partial charge in [-0.15, -0.1) is 5.10 Å². The summed E-state index contributed by atoms with van der Waals surface area (Å²) in [5.41, 5.74) is 3.03. The van der Waals surface area contributed by atoms with E-state index in [1.807, 2.05) is 19.9 Å². The van der Waals surface area contributed by atoms with Gasteiger partial charge in [0.1, 0.15) is 6.54 Å². The highest BCUT2D eigenvalue weighted by Gasteiger charge is 2.46. The number of hydrogen-bond acceptors (Lipinski definition) is 5. The topological polar surface area (TPSA) is 76.3 Å². The molecular formula is C26H34N6O2. The Hall–Kier alpha value is -2.74. The molecule has 8 heteroatoms. The van der Waals surface area contributed by atoms with Crippen LogP contribution >= 0.6 is 0 Å². The zero-order chi connectivity index (χ0) is 23.4. The molecule has 4 atom stereocenters. The SMILES string of the molecule is Cc1cc(C)n(-c2ccc(=O)n(CC(=O)N3CCCC4=CC5CC(CN6CCCC[C@H]56)[C@@H]43)n2)n1. The fourth-order valence-corrected chi connectivity index (χ4v) is 7.00. The summed E-state index contributed by atoms with van der Waals surface area (Å²) in [5, 5.41) is 8.98. The lowest BCUT2D eigenvalue weighted by Gasteiger charge is -2.54. The second kappa shape index (κ2) is 8.48. The highest BCUT2D eigenvalue weighted by Crippen LogP contribution is 2.45. The number of aryl methyl sites for hydroxylation is 2. The first kappa shape index (κ1) is 21.8. The second-order valence-electron chi connectivity index (χ2n) is 10.6. The highest BCUT2D eigenvalue weighted by molar-refractivity contribution is 5.77. The summed E-state index contributed by atoms with van der Waals surface area (Å²) in [6.07, 6.45) is 9.75. The molecule has 1 aliphatic carbocycles. The van der Waals surface area contributed by atoms with Crippen molar-refractivity contribution in [2.45, 2.75) is 71.0 Å². The zero-order valence-electron chi connectivity index (χ0n) is 20.2. The van der Waals surface area contributed by atoms with Crippen LogP contribution in [-0.2, 0) is 11.3 Å². The molecule has 1 amide bonds. The van der Waals surface area contributed by atoms with Crippen LogP contribution in [-0.4, -0.2) is 67.0 Å². The summed E-state index contributed by atoms with van der Waals surface area (Å²) in [6, 6.07) is 6.00. The summed E-state index contributed by atoms with van der Waals surface area (Å²) >= 11 is 0. The molecule has 8 nitrogen and oxygen atoms in total.